The Morgan fingerprint density at radius 1 is 1.30 bits per heavy atom. The molecule has 108 valence electrons. The number of carbonyl (C=O) groups excluding carboxylic acids is 1. The van der Waals surface area contributed by atoms with Crippen LogP contribution in [0.2, 0.25) is 0 Å². The van der Waals surface area contributed by atoms with Gasteiger partial charge >= 0.3 is 0 Å². The van der Waals surface area contributed by atoms with E-state index < -0.39 is 6.10 Å². The highest BCUT2D eigenvalue weighted by atomic mass is 16.6. The third-order valence-electron chi connectivity index (χ3n) is 4.02. The molecule has 3 unspecified atom stereocenters. The van der Waals surface area contributed by atoms with E-state index in [1.807, 2.05) is 18.2 Å². The fraction of sp³-hybridized carbons (Fsp3) is 0.533. The standard InChI is InChI=1S/C15H19NO4/c17-8-10-4-3-5-11(10)16-15(18)14-9-19-12-6-1-2-7-13(12)20-14/h1-2,6-7,10-11,14,17H,3-5,8-9H2,(H,16,18). The highest BCUT2D eigenvalue weighted by Gasteiger charge is 2.33. The van der Waals surface area contributed by atoms with Gasteiger partial charge in [-0.15, -0.1) is 0 Å². The molecule has 1 amide bonds. The lowest BCUT2D eigenvalue weighted by atomic mass is 10.0. The summed E-state index contributed by atoms with van der Waals surface area (Å²) in [6.07, 6.45) is 2.30. The van der Waals surface area contributed by atoms with Crippen LogP contribution >= 0.6 is 0 Å². The first kappa shape index (κ1) is 13.2. The number of hydrogen-bond acceptors (Lipinski definition) is 4. The number of para-hydroxylation sites is 2. The number of rotatable bonds is 3. The summed E-state index contributed by atoms with van der Waals surface area (Å²) in [5.41, 5.74) is 0. The van der Waals surface area contributed by atoms with Crippen molar-refractivity contribution < 1.29 is 19.4 Å². The summed E-state index contributed by atoms with van der Waals surface area (Å²) in [6, 6.07) is 7.38. The van der Waals surface area contributed by atoms with Gasteiger partial charge in [0, 0.05) is 18.6 Å². The molecule has 5 nitrogen and oxygen atoms in total. The minimum absolute atomic E-state index is 0.0493. The zero-order valence-corrected chi connectivity index (χ0v) is 11.2. The topological polar surface area (TPSA) is 67.8 Å². The largest absolute Gasteiger partial charge is 0.485 e. The molecule has 0 bridgehead atoms. The van der Waals surface area contributed by atoms with Gasteiger partial charge in [-0.2, -0.15) is 0 Å². The number of amides is 1. The number of carbonyl (C=O) groups is 1. The van der Waals surface area contributed by atoms with E-state index in [9.17, 15) is 9.90 Å². The first-order valence-corrected chi connectivity index (χ1v) is 7.07. The van der Waals surface area contributed by atoms with E-state index >= 15 is 0 Å². The van der Waals surface area contributed by atoms with Crippen molar-refractivity contribution in [2.45, 2.75) is 31.4 Å². The smallest absolute Gasteiger partial charge is 0.264 e. The lowest BCUT2D eigenvalue weighted by Crippen LogP contribution is -2.49. The average Bonchev–Trinajstić information content (AvgIpc) is 2.94. The Balaban J connectivity index is 1.61. The van der Waals surface area contributed by atoms with Gasteiger partial charge in [-0.05, 0) is 25.0 Å². The minimum Gasteiger partial charge on any atom is -0.485 e. The predicted molar refractivity (Wildman–Crippen MR) is 72.7 cm³/mol. The van der Waals surface area contributed by atoms with Crippen LogP contribution < -0.4 is 14.8 Å². The molecule has 20 heavy (non-hydrogen) atoms. The number of benzene rings is 1. The quantitative estimate of drug-likeness (QED) is 0.868. The van der Waals surface area contributed by atoms with E-state index in [4.69, 9.17) is 9.47 Å². The molecule has 3 atom stereocenters. The molecule has 1 fully saturated rings. The van der Waals surface area contributed by atoms with Crippen molar-refractivity contribution in [3.8, 4) is 11.5 Å². The molecule has 0 spiro atoms. The third kappa shape index (κ3) is 2.58. The van der Waals surface area contributed by atoms with Gasteiger partial charge < -0.3 is 19.9 Å². The fourth-order valence-corrected chi connectivity index (χ4v) is 2.87. The Morgan fingerprint density at radius 3 is 2.90 bits per heavy atom. The van der Waals surface area contributed by atoms with Gasteiger partial charge in [-0.25, -0.2) is 0 Å². The van der Waals surface area contributed by atoms with Gasteiger partial charge in [-0.1, -0.05) is 18.6 Å². The number of hydrogen-bond donors (Lipinski definition) is 2. The number of aliphatic hydroxyl groups excluding tert-OH is 1. The van der Waals surface area contributed by atoms with Crippen LogP contribution in [-0.2, 0) is 4.79 Å². The van der Waals surface area contributed by atoms with E-state index in [1.54, 1.807) is 6.07 Å². The Morgan fingerprint density at radius 2 is 2.10 bits per heavy atom. The van der Waals surface area contributed by atoms with E-state index in [0.717, 1.165) is 19.3 Å². The fourth-order valence-electron chi connectivity index (χ4n) is 2.87. The molecule has 2 aliphatic rings. The Bertz CT molecular complexity index is 491. The zero-order chi connectivity index (χ0) is 13.9. The average molecular weight is 277 g/mol. The Kier molecular flexibility index (Phi) is 3.78. The molecular weight excluding hydrogens is 258 g/mol. The Labute approximate surface area is 117 Å². The van der Waals surface area contributed by atoms with E-state index in [-0.39, 0.29) is 31.1 Å². The van der Waals surface area contributed by atoms with Crippen molar-refractivity contribution in [2.75, 3.05) is 13.2 Å². The minimum atomic E-state index is -0.621. The second-order valence-corrected chi connectivity index (χ2v) is 5.35. The molecule has 1 aromatic carbocycles. The van der Waals surface area contributed by atoms with Crippen molar-refractivity contribution in [3.63, 3.8) is 0 Å². The molecule has 1 heterocycles. The summed E-state index contributed by atoms with van der Waals surface area (Å²) >= 11 is 0. The number of ether oxygens (including phenoxy) is 2. The zero-order valence-electron chi connectivity index (χ0n) is 11.2. The summed E-state index contributed by atoms with van der Waals surface area (Å²) in [5, 5.41) is 12.3. The molecule has 0 radical (unpaired) electrons. The van der Waals surface area contributed by atoms with Gasteiger partial charge in [0.15, 0.2) is 11.5 Å². The van der Waals surface area contributed by atoms with Gasteiger partial charge in [0.25, 0.3) is 5.91 Å². The number of fused-ring (bicyclic) bond motifs is 1. The van der Waals surface area contributed by atoms with Crippen LogP contribution in [0.1, 0.15) is 19.3 Å². The lowest BCUT2D eigenvalue weighted by molar-refractivity contribution is -0.131. The van der Waals surface area contributed by atoms with Crippen LogP contribution in [0.25, 0.3) is 0 Å². The third-order valence-corrected chi connectivity index (χ3v) is 4.02. The molecule has 2 N–H and O–H groups in total. The van der Waals surface area contributed by atoms with E-state index in [1.165, 1.54) is 0 Å². The molecule has 0 saturated heterocycles. The van der Waals surface area contributed by atoms with Crippen molar-refractivity contribution in [2.24, 2.45) is 5.92 Å². The molecule has 1 aliphatic heterocycles. The van der Waals surface area contributed by atoms with Crippen molar-refractivity contribution in [3.05, 3.63) is 24.3 Å². The maximum atomic E-state index is 12.2. The lowest BCUT2D eigenvalue weighted by Gasteiger charge is -2.27. The SMILES string of the molecule is O=C(NC1CCCC1CO)C1COc2ccccc2O1. The summed E-state index contributed by atoms with van der Waals surface area (Å²) in [5.74, 6) is 1.27. The molecular formula is C15H19NO4. The summed E-state index contributed by atoms with van der Waals surface area (Å²) < 4.78 is 11.2. The number of aliphatic hydroxyl groups is 1. The van der Waals surface area contributed by atoms with Crippen molar-refractivity contribution in [1.82, 2.24) is 5.32 Å². The number of nitrogens with one attached hydrogen (secondary N) is 1. The van der Waals surface area contributed by atoms with Crippen LogP contribution in [0, 0.1) is 5.92 Å². The highest BCUT2D eigenvalue weighted by molar-refractivity contribution is 5.82. The van der Waals surface area contributed by atoms with E-state index in [2.05, 4.69) is 5.32 Å². The van der Waals surface area contributed by atoms with E-state index in [0.29, 0.717) is 11.5 Å². The highest BCUT2D eigenvalue weighted by Crippen LogP contribution is 2.31. The van der Waals surface area contributed by atoms with Crippen molar-refractivity contribution >= 4 is 5.91 Å². The molecule has 1 aromatic rings. The Hall–Kier alpha value is -1.75. The van der Waals surface area contributed by atoms with Crippen LogP contribution in [0.5, 0.6) is 11.5 Å². The summed E-state index contributed by atoms with van der Waals surface area (Å²) in [4.78, 5) is 12.2. The van der Waals surface area contributed by atoms with Gasteiger partial charge in [0.05, 0.1) is 0 Å². The first-order chi connectivity index (χ1) is 9.78. The van der Waals surface area contributed by atoms with Gasteiger partial charge in [-0.3, -0.25) is 4.79 Å². The first-order valence-electron chi connectivity index (χ1n) is 7.07. The maximum absolute atomic E-state index is 12.2. The maximum Gasteiger partial charge on any atom is 0.264 e. The van der Waals surface area contributed by atoms with Crippen LogP contribution in [0.4, 0.5) is 0 Å². The van der Waals surface area contributed by atoms with Crippen LogP contribution in [0.15, 0.2) is 24.3 Å². The van der Waals surface area contributed by atoms with Gasteiger partial charge in [0.1, 0.15) is 6.61 Å². The normalized spacial score (nSPS) is 28.1. The van der Waals surface area contributed by atoms with Gasteiger partial charge in [0.2, 0.25) is 6.10 Å². The van der Waals surface area contributed by atoms with Crippen LogP contribution in [-0.4, -0.2) is 36.4 Å². The molecule has 0 aromatic heterocycles. The monoisotopic (exact) mass is 277 g/mol. The summed E-state index contributed by atoms with van der Waals surface area (Å²) in [7, 11) is 0. The second kappa shape index (κ2) is 5.71. The molecule has 1 aliphatic carbocycles. The van der Waals surface area contributed by atoms with Crippen molar-refractivity contribution in [1.29, 1.82) is 0 Å². The molecule has 5 heteroatoms. The molecule has 1 saturated carbocycles. The second-order valence-electron chi connectivity index (χ2n) is 5.35. The molecule has 3 rings (SSSR count). The van der Waals surface area contributed by atoms with Crippen LogP contribution in [0.3, 0.4) is 0 Å². The predicted octanol–water partition coefficient (Wildman–Crippen LogP) is 1.10. The summed E-state index contributed by atoms with van der Waals surface area (Å²) in [6.45, 7) is 0.342.